The SMILES string of the molecule is CCc1cc(=O)oc2cc(C)cc(OC(=O)C(C)NC(=O)OCc3ccccc3)c12. The number of nitrogens with one attached hydrogen (secondary N) is 1. The van der Waals surface area contributed by atoms with Gasteiger partial charge in [-0.25, -0.2) is 14.4 Å². The van der Waals surface area contributed by atoms with Crippen LogP contribution in [0.2, 0.25) is 0 Å². The molecule has 7 nitrogen and oxygen atoms in total. The van der Waals surface area contributed by atoms with Gasteiger partial charge in [0.2, 0.25) is 0 Å². The second-order valence-electron chi connectivity index (χ2n) is 6.93. The van der Waals surface area contributed by atoms with Crippen molar-refractivity contribution < 1.29 is 23.5 Å². The standard InChI is InChI=1S/C23H23NO6/c1-4-17-12-20(25)29-18-10-14(2)11-19(21(17)18)30-22(26)15(3)24-23(27)28-13-16-8-6-5-7-9-16/h5-12,15H,4,13H2,1-3H3,(H,24,27). The van der Waals surface area contributed by atoms with Crippen molar-refractivity contribution in [3.63, 3.8) is 0 Å². The molecule has 1 heterocycles. The Balaban J connectivity index is 1.71. The third-order valence-corrected chi connectivity index (χ3v) is 4.53. The molecular formula is C23H23NO6. The van der Waals surface area contributed by atoms with E-state index in [4.69, 9.17) is 13.9 Å². The lowest BCUT2D eigenvalue weighted by Crippen LogP contribution is -2.41. The highest BCUT2D eigenvalue weighted by molar-refractivity contribution is 5.91. The predicted molar refractivity (Wildman–Crippen MR) is 111 cm³/mol. The van der Waals surface area contributed by atoms with Gasteiger partial charge >= 0.3 is 17.7 Å². The van der Waals surface area contributed by atoms with E-state index < -0.39 is 23.7 Å². The average Bonchev–Trinajstić information content (AvgIpc) is 2.71. The summed E-state index contributed by atoms with van der Waals surface area (Å²) in [6.45, 7) is 5.30. The van der Waals surface area contributed by atoms with Gasteiger partial charge in [-0.3, -0.25) is 0 Å². The van der Waals surface area contributed by atoms with E-state index in [1.54, 1.807) is 19.1 Å². The van der Waals surface area contributed by atoms with E-state index in [0.717, 1.165) is 11.1 Å². The van der Waals surface area contributed by atoms with Crippen LogP contribution in [-0.4, -0.2) is 18.1 Å². The molecule has 0 fully saturated rings. The second-order valence-corrected chi connectivity index (χ2v) is 6.93. The molecule has 1 atom stereocenters. The smallest absolute Gasteiger partial charge is 0.408 e. The van der Waals surface area contributed by atoms with Crippen molar-refractivity contribution in [1.29, 1.82) is 0 Å². The zero-order valence-corrected chi connectivity index (χ0v) is 17.1. The Bertz CT molecular complexity index is 1120. The Labute approximate surface area is 173 Å². The first kappa shape index (κ1) is 21.1. The molecule has 7 heteroatoms. The molecule has 3 rings (SSSR count). The van der Waals surface area contributed by atoms with E-state index in [9.17, 15) is 14.4 Å². The third-order valence-electron chi connectivity index (χ3n) is 4.53. The largest absolute Gasteiger partial charge is 0.445 e. The first-order chi connectivity index (χ1) is 14.4. The van der Waals surface area contributed by atoms with Crippen LogP contribution in [-0.2, 0) is 22.6 Å². The molecule has 3 aromatic rings. The number of aryl methyl sites for hydroxylation is 2. The minimum Gasteiger partial charge on any atom is -0.445 e. The second kappa shape index (κ2) is 9.26. The van der Waals surface area contributed by atoms with Gasteiger partial charge in [-0.1, -0.05) is 37.3 Å². The zero-order chi connectivity index (χ0) is 21.7. The van der Waals surface area contributed by atoms with Gasteiger partial charge < -0.3 is 19.2 Å². The lowest BCUT2D eigenvalue weighted by molar-refractivity contribution is -0.136. The van der Waals surface area contributed by atoms with Crippen LogP contribution in [0.4, 0.5) is 4.79 Å². The van der Waals surface area contributed by atoms with Crippen molar-refractivity contribution in [2.24, 2.45) is 0 Å². The number of carbonyl (C=O) groups excluding carboxylic acids is 2. The highest BCUT2D eigenvalue weighted by Gasteiger charge is 2.21. The van der Waals surface area contributed by atoms with Crippen molar-refractivity contribution in [1.82, 2.24) is 5.32 Å². The van der Waals surface area contributed by atoms with Gasteiger partial charge in [-0.2, -0.15) is 0 Å². The van der Waals surface area contributed by atoms with Gasteiger partial charge in [0.1, 0.15) is 24.0 Å². The molecule has 1 N–H and O–H groups in total. The molecule has 1 amide bonds. The first-order valence-electron chi connectivity index (χ1n) is 9.63. The van der Waals surface area contributed by atoms with Crippen LogP contribution in [0.15, 0.2) is 57.7 Å². The van der Waals surface area contributed by atoms with Crippen molar-refractivity contribution in [3.8, 4) is 5.75 Å². The number of hydrogen-bond donors (Lipinski definition) is 1. The summed E-state index contributed by atoms with van der Waals surface area (Å²) in [5, 5.41) is 3.03. The van der Waals surface area contributed by atoms with E-state index in [1.807, 2.05) is 37.3 Å². The molecule has 1 unspecified atom stereocenters. The maximum atomic E-state index is 12.6. The lowest BCUT2D eigenvalue weighted by atomic mass is 10.0. The van der Waals surface area contributed by atoms with E-state index in [1.165, 1.54) is 13.0 Å². The normalized spacial score (nSPS) is 11.7. The maximum Gasteiger partial charge on any atom is 0.408 e. The molecule has 0 bridgehead atoms. The molecule has 2 aromatic carbocycles. The molecule has 0 radical (unpaired) electrons. The summed E-state index contributed by atoms with van der Waals surface area (Å²) < 4.78 is 15.9. The minimum atomic E-state index is -0.940. The van der Waals surface area contributed by atoms with Crippen LogP contribution in [0.25, 0.3) is 11.0 Å². The van der Waals surface area contributed by atoms with Crippen molar-refractivity contribution in [2.45, 2.75) is 39.8 Å². The molecule has 1 aromatic heterocycles. The fraction of sp³-hybridized carbons (Fsp3) is 0.261. The van der Waals surface area contributed by atoms with Crippen molar-refractivity contribution in [3.05, 3.63) is 75.6 Å². The Morgan fingerprint density at radius 3 is 2.57 bits per heavy atom. The summed E-state index contributed by atoms with van der Waals surface area (Å²) in [6, 6.07) is 13.1. The van der Waals surface area contributed by atoms with Crippen molar-refractivity contribution >= 4 is 23.0 Å². The molecule has 0 saturated heterocycles. The molecule has 0 saturated carbocycles. The molecule has 0 spiro atoms. The van der Waals surface area contributed by atoms with Crippen LogP contribution in [0.5, 0.6) is 5.75 Å². The molecule has 0 aliphatic rings. The van der Waals surface area contributed by atoms with Gasteiger partial charge in [0.05, 0.1) is 5.39 Å². The topological polar surface area (TPSA) is 94.8 Å². The fourth-order valence-electron chi connectivity index (χ4n) is 3.03. The van der Waals surface area contributed by atoms with E-state index in [2.05, 4.69) is 5.32 Å². The van der Waals surface area contributed by atoms with Crippen molar-refractivity contribution in [2.75, 3.05) is 0 Å². The Morgan fingerprint density at radius 2 is 1.87 bits per heavy atom. The summed E-state index contributed by atoms with van der Waals surface area (Å²) in [5.41, 5.74) is 2.21. The third kappa shape index (κ3) is 5.05. The zero-order valence-electron chi connectivity index (χ0n) is 17.1. The highest BCUT2D eigenvalue weighted by Crippen LogP contribution is 2.30. The number of esters is 1. The van der Waals surface area contributed by atoms with Gasteiger partial charge in [0, 0.05) is 6.07 Å². The van der Waals surface area contributed by atoms with Gasteiger partial charge in [0.25, 0.3) is 0 Å². The number of ether oxygens (including phenoxy) is 2. The summed E-state index contributed by atoms with van der Waals surface area (Å²) in [4.78, 5) is 36.3. The number of carbonyl (C=O) groups is 2. The summed E-state index contributed by atoms with van der Waals surface area (Å²) in [7, 11) is 0. The lowest BCUT2D eigenvalue weighted by Gasteiger charge is -2.15. The van der Waals surface area contributed by atoms with E-state index >= 15 is 0 Å². The summed E-state index contributed by atoms with van der Waals surface area (Å²) in [5.74, 6) is -0.381. The number of alkyl carbamates (subject to hydrolysis) is 1. The van der Waals surface area contributed by atoms with Gasteiger partial charge in [0.15, 0.2) is 0 Å². The highest BCUT2D eigenvalue weighted by atomic mass is 16.6. The average molecular weight is 409 g/mol. The van der Waals surface area contributed by atoms with Crippen LogP contribution in [0.3, 0.4) is 0 Å². The fourth-order valence-corrected chi connectivity index (χ4v) is 3.03. The van der Waals surface area contributed by atoms with Crippen LogP contribution in [0, 0.1) is 6.92 Å². The molecule has 0 aliphatic carbocycles. The van der Waals surface area contributed by atoms with Gasteiger partial charge in [-0.05, 0) is 49.1 Å². The number of rotatable bonds is 6. The minimum absolute atomic E-state index is 0.0931. The Hall–Kier alpha value is -3.61. The number of fused-ring (bicyclic) bond motifs is 1. The molecule has 0 aliphatic heterocycles. The number of hydrogen-bond acceptors (Lipinski definition) is 6. The summed E-state index contributed by atoms with van der Waals surface area (Å²) in [6.07, 6.45) is -0.160. The predicted octanol–water partition coefficient (Wildman–Crippen LogP) is 3.88. The number of benzene rings is 2. The van der Waals surface area contributed by atoms with E-state index in [0.29, 0.717) is 23.0 Å². The van der Waals surface area contributed by atoms with Crippen LogP contribution >= 0.6 is 0 Å². The molecular weight excluding hydrogens is 386 g/mol. The Morgan fingerprint density at radius 1 is 1.13 bits per heavy atom. The Kier molecular flexibility index (Phi) is 6.51. The van der Waals surface area contributed by atoms with Crippen LogP contribution in [0.1, 0.15) is 30.5 Å². The number of amides is 1. The molecule has 156 valence electrons. The maximum absolute atomic E-state index is 12.6. The van der Waals surface area contributed by atoms with Gasteiger partial charge in [-0.15, -0.1) is 0 Å². The molecule has 30 heavy (non-hydrogen) atoms. The quantitative estimate of drug-likeness (QED) is 0.377. The monoisotopic (exact) mass is 409 g/mol. The summed E-state index contributed by atoms with van der Waals surface area (Å²) >= 11 is 0. The van der Waals surface area contributed by atoms with Crippen LogP contribution < -0.4 is 15.7 Å². The van der Waals surface area contributed by atoms with E-state index in [-0.39, 0.29) is 12.4 Å². The first-order valence-corrected chi connectivity index (χ1v) is 9.63.